The van der Waals surface area contributed by atoms with Gasteiger partial charge in [-0.3, -0.25) is 4.79 Å². The zero-order chi connectivity index (χ0) is 16.7. The Labute approximate surface area is 144 Å². The number of carbonyl (C=O) groups excluding carboxylic acids is 1. The van der Waals surface area contributed by atoms with Crippen LogP contribution in [-0.2, 0) is 11.3 Å². The minimum atomic E-state index is -0.306. The molecule has 0 unspecified atom stereocenters. The SMILES string of the molecule is COCCOc1ccc(CNC(=O)c2ccc(Cl)nc2Cl)cc1. The number of benzene rings is 1. The summed E-state index contributed by atoms with van der Waals surface area (Å²) in [6.45, 7) is 1.40. The van der Waals surface area contributed by atoms with Crippen LogP contribution in [-0.4, -0.2) is 31.2 Å². The van der Waals surface area contributed by atoms with Crippen LogP contribution in [0.1, 0.15) is 15.9 Å². The molecule has 1 amide bonds. The van der Waals surface area contributed by atoms with Crippen molar-refractivity contribution in [3.05, 3.63) is 57.8 Å². The Balaban J connectivity index is 1.89. The highest BCUT2D eigenvalue weighted by Crippen LogP contribution is 2.17. The predicted octanol–water partition coefficient (Wildman–Crippen LogP) is 3.34. The van der Waals surface area contributed by atoms with E-state index in [4.69, 9.17) is 32.7 Å². The fourth-order valence-corrected chi connectivity index (χ4v) is 2.24. The molecule has 0 aliphatic heterocycles. The monoisotopic (exact) mass is 354 g/mol. The molecule has 5 nitrogen and oxygen atoms in total. The zero-order valence-electron chi connectivity index (χ0n) is 12.5. The normalized spacial score (nSPS) is 10.4. The summed E-state index contributed by atoms with van der Waals surface area (Å²) >= 11 is 11.6. The molecule has 0 atom stereocenters. The molecular weight excluding hydrogens is 339 g/mol. The number of ether oxygens (including phenoxy) is 2. The van der Waals surface area contributed by atoms with Crippen molar-refractivity contribution >= 4 is 29.1 Å². The maximum atomic E-state index is 12.1. The molecule has 122 valence electrons. The molecule has 0 spiro atoms. The molecule has 0 saturated carbocycles. The average Bonchev–Trinajstić information content (AvgIpc) is 2.54. The number of nitrogens with one attached hydrogen (secondary N) is 1. The van der Waals surface area contributed by atoms with E-state index in [1.54, 1.807) is 13.2 Å². The van der Waals surface area contributed by atoms with Crippen molar-refractivity contribution in [2.24, 2.45) is 0 Å². The number of pyridine rings is 1. The lowest BCUT2D eigenvalue weighted by molar-refractivity contribution is 0.0950. The predicted molar refractivity (Wildman–Crippen MR) is 89.2 cm³/mol. The van der Waals surface area contributed by atoms with E-state index in [1.807, 2.05) is 24.3 Å². The zero-order valence-corrected chi connectivity index (χ0v) is 14.0. The van der Waals surface area contributed by atoms with E-state index in [0.717, 1.165) is 11.3 Å². The third-order valence-corrected chi connectivity index (χ3v) is 3.49. The standard InChI is InChI=1S/C16H16Cl2N2O3/c1-22-8-9-23-12-4-2-11(3-5-12)10-19-16(21)13-6-7-14(17)20-15(13)18/h2-7H,8-10H2,1H3,(H,19,21). The fourth-order valence-electron chi connectivity index (χ4n) is 1.81. The number of carbonyl (C=O) groups is 1. The summed E-state index contributed by atoms with van der Waals surface area (Å²) in [4.78, 5) is 15.9. The average molecular weight is 355 g/mol. The lowest BCUT2D eigenvalue weighted by Crippen LogP contribution is -2.23. The van der Waals surface area contributed by atoms with Crippen molar-refractivity contribution in [3.8, 4) is 5.75 Å². The third kappa shape index (κ3) is 5.39. The maximum Gasteiger partial charge on any atom is 0.254 e. The van der Waals surface area contributed by atoms with Gasteiger partial charge in [-0.2, -0.15) is 0 Å². The van der Waals surface area contributed by atoms with E-state index in [-0.39, 0.29) is 21.8 Å². The van der Waals surface area contributed by atoms with E-state index in [1.165, 1.54) is 6.07 Å². The van der Waals surface area contributed by atoms with Crippen LogP contribution in [0.5, 0.6) is 5.75 Å². The summed E-state index contributed by atoms with van der Waals surface area (Å²) < 4.78 is 10.4. The number of nitrogens with zero attached hydrogens (tertiary/aromatic N) is 1. The lowest BCUT2D eigenvalue weighted by atomic mass is 10.2. The first-order valence-corrected chi connectivity index (χ1v) is 7.66. The molecule has 0 saturated heterocycles. The van der Waals surface area contributed by atoms with Crippen LogP contribution in [0.2, 0.25) is 10.3 Å². The number of halogens is 2. The van der Waals surface area contributed by atoms with Gasteiger partial charge in [0.1, 0.15) is 22.7 Å². The molecule has 0 aliphatic rings. The van der Waals surface area contributed by atoms with Crippen molar-refractivity contribution in [1.29, 1.82) is 0 Å². The summed E-state index contributed by atoms with van der Waals surface area (Å²) in [7, 11) is 1.62. The van der Waals surface area contributed by atoms with Gasteiger partial charge in [0.05, 0.1) is 12.2 Å². The van der Waals surface area contributed by atoms with Gasteiger partial charge >= 0.3 is 0 Å². The molecule has 0 aliphatic carbocycles. The van der Waals surface area contributed by atoms with E-state index in [9.17, 15) is 4.79 Å². The first-order valence-electron chi connectivity index (χ1n) is 6.91. The Morgan fingerprint density at radius 1 is 1.13 bits per heavy atom. The molecule has 1 aromatic carbocycles. The first kappa shape index (κ1) is 17.5. The Kier molecular flexibility index (Phi) is 6.65. The molecule has 0 bridgehead atoms. The summed E-state index contributed by atoms with van der Waals surface area (Å²) in [6, 6.07) is 10.5. The van der Waals surface area contributed by atoms with Crippen LogP contribution in [0.4, 0.5) is 0 Å². The second-order valence-corrected chi connectivity index (χ2v) is 5.39. The number of hydrogen-bond donors (Lipinski definition) is 1. The van der Waals surface area contributed by atoms with Gasteiger partial charge in [0.15, 0.2) is 0 Å². The van der Waals surface area contributed by atoms with E-state index < -0.39 is 0 Å². The number of methoxy groups -OCH3 is 1. The van der Waals surface area contributed by atoms with Crippen molar-refractivity contribution in [1.82, 2.24) is 10.3 Å². The molecule has 1 heterocycles. The van der Waals surface area contributed by atoms with Crippen LogP contribution in [0.3, 0.4) is 0 Å². The second-order valence-electron chi connectivity index (χ2n) is 4.64. The number of rotatable bonds is 7. The van der Waals surface area contributed by atoms with Gasteiger partial charge < -0.3 is 14.8 Å². The van der Waals surface area contributed by atoms with Crippen LogP contribution in [0, 0.1) is 0 Å². The fraction of sp³-hybridized carbons (Fsp3) is 0.250. The molecule has 23 heavy (non-hydrogen) atoms. The Bertz CT molecular complexity index is 663. The molecule has 2 aromatic rings. The van der Waals surface area contributed by atoms with E-state index in [2.05, 4.69) is 10.3 Å². The van der Waals surface area contributed by atoms with Gasteiger partial charge in [-0.05, 0) is 29.8 Å². The van der Waals surface area contributed by atoms with Crippen molar-refractivity contribution < 1.29 is 14.3 Å². The minimum absolute atomic E-state index is 0.0805. The molecule has 2 rings (SSSR count). The van der Waals surface area contributed by atoms with Crippen LogP contribution < -0.4 is 10.1 Å². The van der Waals surface area contributed by atoms with Gasteiger partial charge in [-0.15, -0.1) is 0 Å². The molecule has 0 fully saturated rings. The first-order chi connectivity index (χ1) is 11.1. The molecule has 1 aromatic heterocycles. The quantitative estimate of drug-likeness (QED) is 0.611. The van der Waals surface area contributed by atoms with Crippen LogP contribution in [0.25, 0.3) is 0 Å². The summed E-state index contributed by atoms with van der Waals surface area (Å²) in [5, 5.41) is 3.11. The Morgan fingerprint density at radius 2 is 1.87 bits per heavy atom. The molecule has 1 N–H and O–H groups in total. The topological polar surface area (TPSA) is 60.5 Å². The third-order valence-electron chi connectivity index (χ3n) is 2.99. The van der Waals surface area contributed by atoms with Gasteiger partial charge in [0, 0.05) is 13.7 Å². The highest BCUT2D eigenvalue weighted by molar-refractivity contribution is 6.34. The minimum Gasteiger partial charge on any atom is -0.491 e. The molecule has 7 heteroatoms. The van der Waals surface area contributed by atoms with Crippen LogP contribution >= 0.6 is 23.2 Å². The van der Waals surface area contributed by atoms with Crippen LogP contribution in [0.15, 0.2) is 36.4 Å². The van der Waals surface area contributed by atoms with E-state index in [0.29, 0.717) is 19.8 Å². The van der Waals surface area contributed by atoms with Crippen molar-refractivity contribution in [2.45, 2.75) is 6.54 Å². The largest absolute Gasteiger partial charge is 0.491 e. The maximum absolute atomic E-state index is 12.1. The smallest absolute Gasteiger partial charge is 0.254 e. The number of aromatic nitrogens is 1. The van der Waals surface area contributed by atoms with Gasteiger partial charge in [-0.25, -0.2) is 4.98 Å². The Hall–Kier alpha value is -1.82. The van der Waals surface area contributed by atoms with Gasteiger partial charge in [0.2, 0.25) is 0 Å². The molecule has 0 radical (unpaired) electrons. The second kappa shape index (κ2) is 8.72. The highest BCUT2D eigenvalue weighted by Gasteiger charge is 2.11. The van der Waals surface area contributed by atoms with E-state index >= 15 is 0 Å². The molecular formula is C16H16Cl2N2O3. The lowest BCUT2D eigenvalue weighted by Gasteiger charge is -2.08. The highest BCUT2D eigenvalue weighted by atomic mass is 35.5. The summed E-state index contributed by atoms with van der Waals surface area (Å²) in [6.07, 6.45) is 0. The van der Waals surface area contributed by atoms with Crippen molar-refractivity contribution in [2.75, 3.05) is 20.3 Å². The Morgan fingerprint density at radius 3 is 2.52 bits per heavy atom. The van der Waals surface area contributed by atoms with Gasteiger partial charge in [-0.1, -0.05) is 35.3 Å². The summed E-state index contributed by atoms with van der Waals surface area (Å²) in [5.41, 5.74) is 1.23. The summed E-state index contributed by atoms with van der Waals surface area (Å²) in [5.74, 6) is 0.446. The number of amides is 1. The number of hydrogen-bond acceptors (Lipinski definition) is 4. The van der Waals surface area contributed by atoms with Gasteiger partial charge in [0.25, 0.3) is 5.91 Å². The van der Waals surface area contributed by atoms with Crippen molar-refractivity contribution in [3.63, 3.8) is 0 Å².